The minimum atomic E-state index is -0.144. The quantitative estimate of drug-likeness (QED) is 0.670. The summed E-state index contributed by atoms with van der Waals surface area (Å²) in [5, 5.41) is 3.04. The summed E-state index contributed by atoms with van der Waals surface area (Å²) in [7, 11) is 4.89. The first kappa shape index (κ1) is 22.1. The summed E-state index contributed by atoms with van der Waals surface area (Å²) >= 11 is 0. The van der Waals surface area contributed by atoms with Gasteiger partial charge < -0.3 is 29.2 Å². The lowest BCUT2D eigenvalue weighted by Crippen LogP contribution is -2.41. The topological polar surface area (TPSA) is 69.3 Å². The maximum Gasteiger partial charge on any atom is 0.322 e. The summed E-state index contributed by atoms with van der Waals surface area (Å²) in [6.07, 6.45) is 5.45. The number of anilines is 1. The van der Waals surface area contributed by atoms with Crippen LogP contribution in [0, 0.1) is 0 Å². The molecule has 1 heterocycles. The summed E-state index contributed by atoms with van der Waals surface area (Å²) in [6.45, 7) is 2.66. The first-order valence-electron chi connectivity index (χ1n) is 11.2. The summed E-state index contributed by atoms with van der Waals surface area (Å²) < 4.78 is 22.5. The third-order valence-electron chi connectivity index (χ3n) is 6.46. The first-order chi connectivity index (χ1) is 15.5. The average Bonchev–Trinajstić information content (AvgIpc) is 3.31. The van der Waals surface area contributed by atoms with Crippen LogP contribution in [0.1, 0.15) is 49.8 Å². The highest BCUT2D eigenvalue weighted by molar-refractivity contribution is 5.90. The van der Waals surface area contributed by atoms with Crippen LogP contribution in [0.4, 0.5) is 10.5 Å². The van der Waals surface area contributed by atoms with E-state index >= 15 is 0 Å². The van der Waals surface area contributed by atoms with E-state index < -0.39 is 0 Å². The van der Waals surface area contributed by atoms with Crippen molar-refractivity contribution in [3.05, 3.63) is 41.5 Å². The normalized spacial score (nSPS) is 18.1. The zero-order chi connectivity index (χ0) is 22.7. The number of nitrogens with zero attached hydrogens (tertiary/aromatic N) is 1. The van der Waals surface area contributed by atoms with Gasteiger partial charge in [0.25, 0.3) is 0 Å². The number of fused-ring (bicyclic) bond motifs is 1. The average molecular weight is 441 g/mol. The van der Waals surface area contributed by atoms with Gasteiger partial charge in [0.15, 0.2) is 23.0 Å². The molecule has 2 aliphatic rings. The van der Waals surface area contributed by atoms with E-state index in [4.69, 9.17) is 18.9 Å². The molecule has 7 nitrogen and oxygen atoms in total. The standard InChI is InChI=1S/C25H32N2O5/c1-16-20-15-23(31-4)22(30-3)13-17(20)11-12-27(16)25(28)26-18-9-10-21(29-2)24(14-18)32-19-7-5-6-8-19/h9-10,13-16,19H,5-8,11-12H2,1-4H3,(H,26,28)/t16-/m1/s1. The second-order valence-corrected chi connectivity index (χ2v) is 8.35. The molecule has 4 rings (SSSR count). The van der Waals surface area contributed by atoms with E-state index in [9.17, 15) is 4.79 Å². The van der Waals surface area contributed by atoms with E-state index in [1.54, 1.807) is 21.3 Å². The van der Waals surface area contributed by atoms with Crippen LogP contribution in [-0.2, 0) is 6.42 Å². The van der Waals surface area contributed by atoms with Crippen LogP contribution in [0.15, 0.2) is 30.3 Å². The van der Waals surface area contributed by atoms with Crippen molar-refractivity contribution in [2.45, 2.75) is 51.2 Å². The number of carbonyl (C=O) groups excluding carboxylic acids is 1. The number of carbonyl (C=O) groups is 1. The number of benzene rings is 2. The molecule has 0 bridgehead atoms. The predicted molar refractivity (Wildman–Crippen MR) is 123 cm³/mol. The molecule has 172 valence electrons. The van der Waals surface area contributed by atoms with Crippen LogP contribution in [0.5, 0.6) is 23.0 Å². The second kappa shape index (κ2) is 9.59. The van der Waals surface area contributed by atoms with Crippen LogP contribution in [0.25, 0.3) is 0 Å². The summed E-state index contributed by atoms with van der Waals surface area (Å²) in [5.41, 5.74) is 2.94. The Morgan fingerprint density at radius 2 is 1.62 bits per heavy atom. The Hall–Kier alpha value is -3.09. The van der Waals surface area contributed by atoms with Gasteiger partial charge in [0.1, 0.15) is 0 Å². The van der Waals surface area contributed by atoms with E-state index in [0.717, 1.165) is 24.8 Å². The van der Waals surface area contributed by atoms with Crippen LogP contribution < -0.4 is 24.3 Å². The van der Waals surface area contributed by atoms with E-state index in [-0.39, 0.29) is 18.2 Å². The molecule has 0 unspecified atom stereocenters. The Balaban J connectivity index is 1.50. The highest BCUT2D eigenvalue weighted by atomic mass is 16.5. The van der Waals surface area contributed by atoms with Crippen LogP contribution in [0.2, 0.25) is 0 Å². The van der Waals surface area contributed by atoms with Gasteiger partial charge in [-0.2, -0.15) is 0 Å². The number of urea groups is 1. The van der Waals surface area contributed by atoms with Gasteiger partial charge in [0, 0.05) is 18.3 Å². The molecule has 1 fully saturated rings. The largest absolute Gasteiger partial charge is 0.493 e. The fourth-order valence-corrected chi connectivity index (χ4v) is 4.65. The summed E-state index contributed by atoms with van der Waals surface area (Å²) in [5.74, 6) is 2.73. The Morgan fingerprint density at radius 3 is 2.31 bits per heavy atom. The van der Waals surface area contributed by atoms with Gasteiger partial charge >= 0.3 is 6.03 Å². The Labute approximate surface area is 189 Å². The smallest absolute Gasteiger partial charge is 0.322 e. The Kier molecular flexibility index (Phi) is 6.63. The monoisotopic (exact) mass is 440 g/mol. The van der Waals surface area contributed by atoms with E-state index in [2.05, 4.69) is 5.32 Å². The fourth-order valence-electron chi connectivity index (χ4n) is 4.65. The second-order valence-electron chi connectivity index (χ2n) is 8.35. The molecule has 1 aliphatic carbocycles. The molecule has 0 radical (unpaired) electrons. The van der Waals surface area contributed by atoms with Crippen LogP contribution in [-0.4, -0.2) is 44.9 Å². The van der Waals surface area contributed by atoms with Gasteiger partial charge in [-0.05, 0) is 74.4 Å². The van der Waals surface area contributed by atoms with Crippen LogP contribution in [0.3, 0.4) is 0 Å². The summed E-state index contributed by atoms with van der Waals surface area (Å²) in [6, 6.07) is 9.28. The fraction of sp³-hybridized carbons (Fsp3) is 0.480. The number of hydrogen-bond acceptors (Lipinski definition) is 5. The molecule has 2 aromatic rings. The van der Waals surface area contributed by atoms with Gasteiger partial charge in [-0.3, -0.25) is 0 Å². The van der Waals surface area contributed by atoms with Crippen molar-refractivity contribution in [3.63, 3.8) is 0 Å². The van der Waals surface area contributed by atoms with Gasteiger partial charge in [0.05, 0.1) is 33.5 Å². The van der Waals surface area contributed by atoms with E-state index in [1.807, 2.05) is 42.2 Å². The van der Waals surface area contributed by atoms with Gasteiger partial charge in [0.2, 0.25) is 0 Å². The molecule has 1 N–H and O–H groups in total. The van der Waals surface area contributed by atoms with E-state index in [0.29, 0.717) is 35.2 Å². The van der Waals surface area contributed by atoms with Crippen molar-refractivity contribution in [1.82, 2.24) is 4.90 Å². The minimum absolute atomic E-state index is 0.0917. The van der Waals surface area contributed by atoms with E-state index in [1.165, 1.54) is 18.4 Å². The van der Waals surface area contributed by atoms with Crippen molar-refractivity contribution in [3.8, 4) is 23.0 Å². The van der Waals surface area contributed by atoms with Gasteiger partial charge in [-0.25, -0.2) is 4.79 Å². The zero-order valence-corrected chi connectivity index (χ0v) is 19.3. The maximum atomic E-state index is 13.2. The summed E-state index contributed by atoms with van der Waals surface area (Å²) in [4.78, 5) is 15.0. The molecule has 1 atom stereocenters. The number of ether oxygens (including phenoxy) is 4. The van der Waals surface area contributed by atoms with Gasteiger partial charge in [-0.1, -0.05) is 0 Å². The molecule has 0 saturated heterocycles. The number of hydrogen-bond donors (Lipinski definition) is 1. The lowest BCUT2D eigenvalue weighted by Gasteiger charge is -2.35. The number of rotatable bonds is 6. The third kappa shape index (κ3) is 4.42. The molecular formula is C25H32N2O5. The molecule has 7 heteroatoms. The molecule has 1 saturated carbocycles. The van der Waals surface area contributed by atoms with Crippen molar-refractivity contribution in [1.29, 1.82) is 0 Å². The van der Waals surface area contributed by atoms with Crippen molar-refractivity contribution in [2.75, 3.05) is 33.2 Å². The Morgan fingerprint density at radius 1 is 0.938 bits per heavy atom. The maximum absolute atomic E-state index is 13.2. The molecule has 32 heavy (non-hydrogen) atoms. The van der Waals surface area contributed by atoms with Crippen LogP contribution >= 0.6 is 0 Å². The van der Waals surface area contributed by atoms with Crippen molar-refractivity contribution < 1.29 is 23.7 Å². The molecule has 2 aromatic carbocycles. The highest BCUT2D eigenvalue weighted by Crippen LogP contribution is 2.38. The highest BCUT2D eigenvalue weighted by Gasteiger charge is 2.29. The SMILES string of the molecule is COc1cc2c(cc1OC)[C@@H](C)N(C(=O)Nc1ccc(OC)c(OC3CCCC3)c1)CC2. The molecular weight excluding hydrogens is 408 g/mol. The molecule has 1 aliphatic heterocycles. The van der Waals surface area contributed by atoms with Crippen molar-refractivity contribution >= 4 is 11.7 Å². The Bertz CT molecular complexity index is 971. The molecule has 0 spiro atoms. The minimum Gasteiger partial charge on any atom is -0.493 e. The number of methoxy groups -OCH3 is 3. The first-order valence-corrected chi connectivity index (χ1v) is 11.2. The molecule has 0 aromatic heterocycles. The zero-order valence-electron chi connectivity index (χ0n) is 19.3. The number of nitrogens with one attached hydrogen (secondary N) is 1. The van der Waals surface area contributed by atoms with Gasteiger partial charge in [-0.15, -0.1) is 0 Å². The number of amides is 2. The predicted octanol–water partition coefficient (Wildman–Crippen LogP) is 5.19. The molecule has 2 amide bonds. The third-order valence-corrected chi connectivity index (χ3v) is 6.46. The van der Waals surface area contributed by atoms with Crippen molar-refractivity contribution in [2.24, 2.45) is 0 Å². The lowest BCUT2D eigenvalue weighted by atomic mass is 9.93. The lowest BCUT2D eigenvalue weighted by molar-refractivity contribution is 0.188.